The van der Waals surface area contributed by atoms with Crippen LogP contribution in [0.4, 0.5) is 0 Å². The fourth-order valence-corrected chi connectivity index (χ4v) is 2.19. The Balaban J connectivity index is 1.87. The molecule has 2 amide bonds. The van der Waals surface area contributed by atoms with Gasteiger partial charge in [0.15, 0.2) is 0 Å². The van der Waals surface area contributed by atoms with E-state index in [1.54, 1.807) is 43.5 Å². The van der Waals surface area contributed by atoms with Gasteiger partial charge in [-0.2, -0.15) is 5.10 Å². The van der Waals surface area contributed by atoms with Crippen LogP contribution in [-0.2, 0) is 4.79 Å². The molecule has 7 nitrogen and oxygen atoms in total. The van der Waals surface area contributed by atoms with Crippen LogP contribution in [0.15, 0.2) is 47.6 Å². The number of nitrogens with one attached hydrogen (secondary N) is 2. The molecule has 0 aliphatic carbocycles. The summed E-state index contributed by atoms with van der Waals surface area (Å²) in [6.45, 7) is 1.72. The number of amides is 2. The maximum Gasteiger partial charge on any atom is 0.259 e. The van der Waals surface area contributed by atoms with Gasteiger partial charge in [-0.1, -0.05) is 17.7 Å². The number of ether oxygens (including phenoxy) is 2. The first-order chi connectivity index (χ1) is 12.5. The summed E-state index contributed by atoms with van der Waals surface area (Å²) in [6, 6.07) is 12.4. The second kappa shape index (κ2) is 9.22. The summed E-state index contributed by atoms with van der Waals surface area (Å²) in [5.74, 6) is 0.469. The van der Waals surface area contributed by atoms with E-state index in [1.807, 2.05) is 13.0 Å². The largest absolute Gasteiger partial charge is 0.497 e. The van der Waals surface area contributed by atoms with Crippen LogP contribution in [0.3, 0.4) is 0 Å². The predicted octanol–water partition coefficient (Wildman–Crippen LogP) is 1.89. The standard InChI is InChI=1S/C19H21N3O4/c1-13-5-4-6-14(9-13)19(24)20-12-18(23)22-21-11-15-7-8-16(25-2)10-17(15)26-3/h4-11H,12H2,1-3H3,(H,20,24)(H,22,23)/b21-11-. The minimum atomic E-state index is -0.435. The first-order valence-electron chi connectivity index (χ1n) is 7.92. The Bertz CT molecular complexity index is 818. The zero-order chi connectivity index (χ0) is 18.9. The minimum absolute atomic E-state index is 0.177. The smallest absolute Gasteiger partial charge is 0.259 e. The van der Waals surface area contributed by atoms with Gasteiger partial charge in [0, 0.05) is 17.2 Å². The Labute approximate surface area is 152 Å². The molecule has 2 rings (SSSR count). The molecular weight excluding hydrogens is 334 g/mol. The van der Waals surface area contributed by atoms with E-state index in [1.165, 1.54) is 13.3 Å². The zero-order valence-corrected chi connectivity index (χ0v) is 14.9. The second-order valence-corrected chi connectivity index (χ2v) is 5.45. The van der Waals surface area contributed by atoms with Gasteiger partial charge in [0.2, 0.25) is 0 Å². The van der Waals surface area contributed by atoms with Crippen molar-refractivity contribution in [1.29, 1.82) is 0 Å². The molecule has 2 N–H and O–H groups in total. The Morgan fingerprint density at radius 2 is 1.92 bits per heavy atom. The molecule has 0 heterocycles. The van der Waals surface area contributed by atoms with Crippen LogP contribution in [-0.4, -0.2) is 38.8 Å². The highest BCUT2D eigenvalue weighted by Gasteiger charge is 2.08. The second-order valence-electron chi connectivity index (χ2n) is 5.45. The zero-order valence-electron chi connectivity index (χ0n) is 14.9. The quantitative estimate of drug-likeness (QED) is 0.586. The van der Waals surface area contributed by atoms with Crippen molar-refractivity contribution in [1.82, 2.24) is 10.7 Å². The highest BCUT2D eigenvalue weighted by Crippen LogP contribution is 2.22. The van der Waals surface area contributed by atoms with Crippen molar-refractivity contribution >= 4 is 18.0 Å². The maximum atomic E-state index is 12.0. The highest BCUT2D eigenvalue weighted by atomic mass is 16.5. The molecule has 0 unspecified atom stereocenters. The van der Waals surface area contributed by atoms with Crippen molar-refractivity contribution in [3.8, 4) is 11.5 Å². The van der Waals surface area contributed by atoms with E-state index in [9.17, 15) is 9.59 Å². The Morgan fingerprint density at radius 3 is 2.62 bits per heavy atom. The van der Waals surface area contributed by atoms with Gasteiger partial charge < -0.3 is 14.8 Å². The molecule has 0 saturated carbocycles. The molecule has 0 aromatic heterocycles. The van der Waals surface area contributed by atoms with Crippen LogP contribution >= 0.6 is 0 Å². The van der Waals surface area contributed by atoms with Crippen molar-refractivity contribution in [3.63, 3.8) is 0 Å². The van der Waals surface area contributed by atoms with Crippen molar-refractivity contribution in [2.75, 3.05) is 20.8 Å². The summed E-state index contributed by atoms with van der Waals surface area (Å²) >= 11 is 0. The number of benzene rings is 2. The van der Waals surface area contributed by atoms with Crippen molar-refractivity contribution in [2.24, 2.45) is 5.10 Å². The molecule has 2 aromatic rings. The van der Waals surface area contributed by atoms with Crippen LogP contribution in [0.25, 0.3) is 0 Å². The van der Waals surface area contributed by atoms with Crippen LogP contribution < -0.4 is 20.2 Å². The van der Waals surface area contributed by atoms with E-state index >= 15 is 0 Å². The number of carbonyl (C=O) groups excluding carboxylic acids is 2. The number of hydrogen-bond acceptors (Lipinski definition) is 5. The molecule has 0 aliphatic rings. The molecular formula is C19H21N3O4. The van der Waals surface area contributed by atoms with Gasteiger partial charge in [-0.3, -0.25) is 9.59 Å². The SMILES string of the molecule is COc1ccc(/C=N\NC(=O)CNC(=O)c2cccc(C)c2)c(OC)c1. The maximum absolute atomic E-state index is 12.0. The third-order valence-electron chi connectivity index (χ3n) is 3.52. The molecule has 0 bridgehead atoms. The lowest BCUT2D eigenvalue weighted by Crippen LogP contribution is -2.34. The monoisotopic (exact) mass is 355 g/mol. The summed E-state index contributed by atoms with van der Waals surface area (Å²) < 4.78 is 10.4. The third-order valence-corrected chi connectivity index (χ3v) is 3.52. The highest BCUT2D eigenvalue weighted by molar-refractivity contribution is 5.96. The van der Waals surface area contributed by atoms with Crippen LogP contribution in [0.2, 0.25) is 0 Å². The van der Waals surface area contributed by atoms with E-state index < -0.39 is 5.91 Å². The molecule has 26 heavy (non-hydrogen) atoms. The van der Waals surface area contributed by atoms with Gasteiger partial charge in [0.1, 0.15) is 11.5 Å². The van der Waals surface area contributed by atoms with Crippen molar-refractivity contribution in [3.05, 3.63) is 59.2 Å². The van der Waals surface area contributed by atoms with Crippen LogP contribution in [0, 0.1) is 6.92 Å². The summed E-state index contributed by atoms with van der Waals surface area (Å²) in [5.41, 5.74) is 4.51. The van der Waals surface area contributed by atoms with Crippen LogP contribution in [0.1, 0.15) is 21.5 Å². The Morgan fingerprint density at radius 1 is 1.12 bits per heavy atom. The van der Waals surface area contributed by atoms with Gasteiger partial charge in [-0.05, 0) is 31.2 Å². The van der Waals surface area contributed by atoms with Crippen LogP contribution in [0.5, 0.6) is 11.5 Å². The van der Waals surface area contributed by atoms with Crippen molar-refractivity contribution < 1.29 is 19.1 Å². The average molecular weight is 355 g/mol. The van der Waals surface area contributed by atoms with E-state index in [0.717, 1.165) is 5.56 Å². The molecule has 0 atom stereocenters. The summed E-state index contributed by atoms with van der Waals surface area (Å²) in [7, 11) is 3.10. The van der Waals surface area contributed by atoms with Crippen molar-refractivity contribution in [2.45, 2.75) is 6.92 Å². The lowest BCUT2D eigenvalue weighted by Gasteiger charge is -2.07. The molecule has 0 aliphatic heterocycles. The molecule has 0 radical (unpaired) electrons. The van der Waals surface area contributed by atoms with E-state index in [4.69, 9.17) is 9.47 Å². The lowest BCUT2D eigenvalue weighted by atomic mass is 10.1. The number of carbonyl (C=O) groups is 2. The number of rotatable bonds is 7. The lowest BCUT2D eigenvalue weighted by molar-refractivity contribution is -0.120. The number of hydrazone groups is 1. The molecule has 0 saturated heterocycles. The predicted molar refractivity (Wildman–Crippen MR) is 98.8 cm³/mol. The third kappa shape index (κ3) is 5.34. The minimum Gasteiger partial charge on any atom is -0.497 e. The summed E-state index contributed by atoms with van der Waals surface area (Å²) in [6.07, 6.45) is 1.46. The van der Waals surface area contributed by atoms with Gasteiger partial charge in [0.25, 0.3) is 11.8 Å². The van der Waals surface area contributed by atoms with Gasteiger partial charge in [-0.25, -0.2) is 5.43 Å². The van der Waals surface area contributed by atoms with E-state index in [2.05, 4.69) is 15.8 Å². The summed E-state index contributed by atoms with van der Waals surface area (Å²) in [4.78, 5) is 23.8. The Hall–Kier alpha value is -3.35. The fourth-order valence-electron chi connectivity index (χ4n) is 2.19. The number of aryl methyl sites for hydroxylation is 1. The topological polar surface area (TPSA) is 89.0 Å². The molecule has 0 spiro atoms. The number of hydrogen-bond donors (Lipinski definition) is 2. The van der Waals surface area contributed by atoms with E-state index in [-0.39, 0.29) is 12.5 Å². The molecule has 2 aromatic carbocycles. The van der Waals surface area contributed by atoms with Gasteiger partial charge in [-0.15, -0.1) is 0 Å². The normalized spacial score (nSPS) is 10.4. The van der Waals surface area contributed by atoms with Gasteiger partial charge >= 0.3 is 0 Å². The molecule has 136 valence electrons. The fraction of sp³-hybridized carbons (Fsp3) is 0.211. The Kier molecular flexibility index (Phi) is 6.73. The molecule has 7 heteroatoms. The summed E-state index contributed by atoms with van der Waals surface area (Å²) in [5, 5.41) is 6.42. The molecule has 0 fully saturated rings. The van der Waals surface area contributed by atoms with Gasteiger partial charge in [0.05, 0.1) is 27.0 Å². The first kappa shape index (κ1) is 19.0. The number of nitrogens with zero attached hydrogens (tertiary/aromatic N) is 1. The first-order valence-corrected chi connectivity index (χ1v) is 7.92. The number of methoxy groups -OCH3 is 2. The van der Waals surface area contributed by atoms with E-state index in [0.29, 0.717) is 22.6 Å². The average Bonchev–Trinajstić information content (AvgIpc) is 2.66.